The molecule has 2 aromatic heterocycles. The number of aryl methyl sites for hydroxylation is 1. The maximum atomic E-state index is 6.24. The SMILES string of the molecule is Cc1ccnc(-c2nc(C(N)N)c(Nc3ccc(N4CCC(N5CCN(C)CC5)CC4)cc3)nc2NC2CCOCC2)c1. The second kappa shape index (κ2) is 13.5. The minimum absolute atomic E-state index is 0.233. The van der Waals surface area contributed by atoms with Crippen LogP contribution in [0.25, 0.3) is 11.4 Å². The van der Waals surface area contributed by atoms with Crippen molar-refractivity contribution in [2.24, 2.45) is 11.5 Å². The van der Waals surface area contributed by atoms with Crippen LogP contribution in [-0.2, 0) is 4.74 Å². The van der Waals surface area contributed by atoms with Crippen molar-refractivity contribution in [3.8, 4) is 11.4 Å². The largest absolute Gasteiger partial charge is 0.381 e. The maximum absolute atomic E-state index is 6.24. The first-order chi connectivity index (χ1) is 20.9. The van der Waals surface area contributed by atoms with Gasteiger partial charge in [-0.05, 0) is 81.6 Å². The molecule has 3 aliphatic heterocycles. The number of pyridine rings is 1. The second-order valence-electron chi connectivity index (χ2n) is 12.2. The molecule has 0 aliphatic carbocycles. The summed E-state index contributed by atoms with van der Waals surface area (Å²) in [4.78, 5) is 22.2. The van der Waals surface area contributed by atoms with Crippen LogP contribution in [0.2, 0.25) is 0 Å². The van der Waals surface area contributed by atoms with E-state index in [2.05, 4.69) is 61.6 Å². The Morgan fingerprint density at radius 1 is 0.884 bits per heavy atom. The molecule has 43 heavy (non-hydrogen) atoms. The standard InChI is InChI=1S/C32H46N10O/c1-22-7-12-35-27(21-22)28-31(37-24-10-19-43-20-11-24)39-32(29(38-28)30(33)34)36-23-3-5-25(6-4-23)41-13-8-26(9-14-41)42-17-15-40(2)16-18-42/h3-7,12,21,24,26,30H,8-11,13-20,33-34H2,1-2H3,(H2,36,37,39). The van der Waals surface area contributed by atoms with Gasteiger partial charge in [0.15, 0.2) is 11.6 Å². The molecule has 0 amide bonds. The molecule has 1 aromatic carbocycles. The topological polar surface area (TPSA) is 134 Å². The van der Waals surface area contributed by atoms with Gasteiger partial charge in [0.1, 0.15) is 11.4 Å². The van der Waals surface area contributed by atoms with Gasteiger partial charge in [0.2, 0.25) is 0 Å². The molecule has 0 saturated carbocycles. The second-order valence-corrected chi connectivity index (χ2v) is 12.2. The zero-order valence-electron chi connectivity index (χ0n) is 25.5. The smallest absolute Gasteiger partial charge is 0.157 e. The van der Waals surface area contributed by atoms with E-state index >= 15 is 0 Å². The zero-order valence-corrected chi connectivity index (χ0v) is 25.5. The summed E-state index contributed by atoms with van der Waals surface area (Å²) in [5.41, 5.74) is 17.6. The third-order valence-electron chi connectivity index (χ3n) is 8.97. The normalized spacial score (nSPS) is 19.6. The van der Waals surface area contributed by atoms with Crippen LogP contribution >= 0.6 is 0 Å². The Labute approximate surface area is 255 Å². The number of rotatable bonds is 8. The number of nitrogens with zero attached hydrogens (tertiary/aromatic N) is 6. The number of hydrogen-bond acceptors (Lipinski definition) is 11. The van der Waals surface area contributed by atoms with Gasteiger partial charge in [0.25, 0.3) is 0 Å². The van der Waals surface area contributed by atoms with Gasteiger partial charge in [0.05, 0.1) is 11.9 Å². The minimum atomic E-state index is -0.809. The molecule has 0 unspecified atom stereocenters. The number of ether oxygens (including phenoxy) is 1. The Morgan fingerprint density at radius 3 is 2.28 bits per heavy atom. The number of nitrogens with one attached hydrogen (secondary N) is 2. The molecule has 0 spiro atoms. The highest BCUT2D eigenvalue weighted by Gasteiger charge is 2.27. The van der Waals surface area contributed by atoms with Crippen LogP contribution in [0.1, 0.15) is 43.1 Å². The molecule has 3 aromatic rings. The summed E-state index contributed by atoms with van der Waals surface area (Å²) < 4.78 is 5.57. The number of benzene rings is 1. The lowest BCUT2D eigenvalue weighted by Crippen LogP contribution is -2.52. The van der Waals surface area contributed by atoms with Crippen LogP contribution in [0.15, 0.2) is 42.6 Å². The van der Waals surface area contributed by atoms with Crippen molar-refractivity contribution in [2.75, 3.05) is 75.1 Å². The fourth-order valence-corrected chi connectivity index (χ4v) is 6.32. The lowest BCUT2D eigenvalue weighted by Gasteiger charge is -2.42. The number of piperazine rings is 1. The molecule has 3 saturated heterocycles. The molecule has 6 N–H and O–H groups in total. The third-order valence-corrected chi connectivity index (χ3v) is 8.97. The van der Waals surface area contributed by atoms with E-state index in [0.29, 0.717) is 29.1 Å². The number of nitrogens with two attached hydrogens (primary N) is 2. The van der Waals surface area contributed by atoms with E-state index in [0.717, 1.165) is 56.1 Å². The average Bonchev–Trinajstić information content (AvgIpc) is 3.02. The van der Waals surface area contributed by atoms with E-state index < -0.39 is 6.17 Å². The Hall–Kier alpha value is -3.35. The van der Waals surface area contributed by atoms with Crippen LogP contribution in [0, 0.1) is 6.92 Å². The fraction of sp³-hybridized carbons (Fsp3) is 0.531. The molecule has 3 aliphatic rings. The molecule has 0 atom stereocenters. The van der Waals surface area contributed by atoms with Crippen molar-refractivity contribution in [3.63, 3.8) is 0 Å². The summed E-state index contributed by atoms with van der Waals surface area (Å²) in [6.07, 6.45) is 5.20. The predicted molar refractivity (Wildman–Crippen MR) is 173 cm³/mol. The summed E-state index contributed by atoms with van der Waals surface area (Å²) in [6, 6.07) is 13.5. The van der Waals surface area contributed by atoms with E-state index in [9.17, 15) is 0 Å². The number of hydrogen-bond donors (Lipinski definition) is 4. The van der Waals surface area contributed by atoms with E-state index in [1.165, 1.54) is 44.7 Å². The van der Waals surface area contributed by atoms with E-state index in [-0.39, 0.29) is 6.04 Å². The van der Waals surface area contributed by atoms with E-state index in [4.69, 9.17) is 26.2 Å². The molecule has 230 valence electrons. The summed E-state index contributed by atoms with van der Waals surface area (Å²) in [7, 11) is 2.22. The van der Waals surface area contributed by atoms with Gasteiger partial charge in [-0.15, -0.1) is 0 Å². The number of aromatic nitrogens is 3. The number of anilines is 4. The lowest BCUT2D eigenvalue weighted by atomic mass is 10.0. The number of likely N-dealkylation sites (N-methyl/N-ethyl adjacent to an activating group) is 1. The van der Waals surface area contributed by atoms with E-state index in [1.807, 2.05) is 19.1 Å². The first kappa shape index (κ1) is 29.7. The van der Waals surface area contributed by atoms with Crippen LogP contribution in [-0.4, -0.2) is 96.4 Å². The predicted octanol–water partition coefficient (Wildman–Crippen LogP) is 3.31. The monoisotopic (exact) mass is 586 g/mol. The zero-order chi connectivity index (χ0) is 29.8. The van der Waals surface area contributed by atoms with Crippen molar-refractivity contribution in [2.45, 2.75) is 50.9 Å². The van der Waals surface area contributed by atoms with Gasteiger partial charge in [-0.3, -0.25) is 9.88 Å². The van der Waals surface area contributed by atoms with Crippen LogP contribution in [0.4, 0.5) is 23.0 Å². The highest BCUT2D eigenvalue weighted by Crippen LogP contribution is 2.32. The van der Waals surface area contributed by atoms with Crippen molar-refractivity contribution in [3.05, 3.63) is 53.9 Å². The fourth-order valence-electron chi connectivity index (χ4n) is 6.32. The van der Waals surface area contributed by atoms with Gasteiger partial charge >= 0.3 is 0 Å². The molecule has 3 fully saturated rings. The molecule has 6 rings (SSSR count). The minimum Gasteiger partial charge on any atom is -0.381 e. The molecule has 11 nitrogen and oxygen atoms in total. The van der Waals surface area contributed by atoms with Crippen LogP contribution in [0.3, 0.4) is 0 Å². The van der Waals surface area contributed by atoms with Gasteiger partial charge in [-0.1, -0.05) is 0 Å². The summed E-state index contributed by atoms with van der Waals surface area (Å²) in [6.45, 7) is 10.4. The van der Waals surface area contributed by atoms with Crippen molar-refractivity contribution in [1.29, 1.82) is 0 Å². The van der Waals surface area contributed by atoms with Crippen molar-refractivity contribution in [1.82, 2.24) is 24.8 Å². The van der Waals surface area contributed by atoms with Crippen molar-refractivity contribution >= 4 is 23.0 Å². The van der Waals surface area contributed by atoms with Gasteiger partial charge in [-0.25, -0.2) is 9.97 Å². The third kappa shape index (κ3) is 7.25. The molecular weight excluding hydrogens is 540 g/mol. The lowest BCUT2D eigenvalue weighted by molar-refractivity contribution is 0.0904. The summed E-state index contributed by atoms with van der Waals surface area (Å²) in [5.74, 6) is 1.21. The van der Waals surface area contributed by atoms with Crippen LogP contribution < -0.4 is 27.0 Å². The first-order valence-electron chi connectivity index (χ1n) is 15.7. The summed E-state index contributed by atoms with van der Waals surface area (Å²) in [5, 5.41) is 7.07. The molecule has 5 heterocycles. The Kier molecular flexibility index (Phi) is 9.34. The van der Waals surface area contributed by atoms with Gasteiger partial charge in [0, 0.05) is 82.1 Å². The van der Waals surface area contributed by atoms with Gasteiger partial charge in [-0.2, -0.15) is 0 Å². The van der Waals surface area contributed by atoms with E-state index in [1.54, 1.807) is 6.20 Å². The average molecular weight is 587 g/mol. The Balaban J connectivity index is 1.19. The molecular formula is C32H46N10O. The van der Waals surface area contributed by atoms with Gasteiger partial charge < -0.3 is 36.6 Å². The Bertz CT molecular complexity index is 1340. The van der Waals surface area contributed by atoms with Crippen molar-refractivity contribution < 1.29 is 4.74 Å². The molecule has 11 heteroatoms. The van der Waals surface area contributed by atoms with Crippen LogP contribution in [0.5, 0.6) is 0 Å². The first-order valence-corrected chi connectivity index (χ1v) is 15.7. The highest BCUT2D eigenvalue weighted by molar-refractivity contribution is 5.73. The highest BCUT2D eigenvalue weighted by atomic mass is 16.5. The molecule has 0 radical (unpaired) electrons. The maximum Gasteiger partial charge on any atom is 0.157 e. The Morgan fingerprint density at radius 2 is 1.60 bits per heavy atom. The molecule has 0 bridgehead atoms. The quantitative estimate of drug-likeness (QED) is 0.290. The number of piperidine rings is 1. The summed E-state index contributed by atoms with van der Waals surface area (Å²) >= 11 is 0.